The zero-order valence-corrected chi connectivity index (χ0v) is 21.8. The molecule has 13 nitrogen and oxygen atoms in total. The van der Waals surface area contributed by atoms with Crippen LogP contribution < -0.4 is 5.32 Å². The van der Waals surface area contributed by atoms with E-state index in [1.54, 1.807) is 0 Å². The number of nitrogens with zero attached hydrogens (tertiary/aromatic N) is 3. The Labute approximate surface area is 227 Å². The van der Waals surface area contributed by atoms with E-state index in [4.69, 9.17) is 4.74 Å². The highest BCUT2D eigenvalue weighted by molar-refractivity contribution is 8.03. The normalized spacial score (nSPS) is 28.7. The summed E-state index contributed by atoms with van der Waals surface area (Å²) in [6.07, 6.45) is -0.228. The summed E-state index contributed by atoms with van der Waals surface area (Å²) in [5.74, 6) is -2.87. The van der Waals surface area contributed by atoms with Gasteiger partial charge >= 0.3 is 12.1 Å². The Morgan fingerprint density at radius 3 is 2.56 bits per heavy atom. The number of hydrogen-bond donors (Lipinski definition) is 3. The van der Waals surface area contributed by atoms with Crippen molar-refractivity contribution in [2.75, 3.05) is 13.1 Å². The van der Waals surface area contributed by atoms with Crippen molar-refractivity contribution in [1.29, 1.82) is 0 Å². The minimum atomic E-state index is -1.22. The van der Waals surface area contributed by atoms with Crippen LogP contribution in [0.3, 0.4) is 0 Å². The van der Waals surface area contributed by atoms with Gasteiger partial charge in [0.1, 0.15) is 12.3 Å². The fourth-order valence-electron chi connectivity index (χ4n) is 5.96. The number of β-lactam (4-membered cyclic amide) rings is 1. The molecule has 0 aromatic heterocycles. The number of thioether (sulfide) groups is 1. The van der Waals surface area contributed by atoms with Gasteiger partial charge in [-0.3, -0.25) is 19.7 Å². The van der Waals surface area contributed by atoms with E-state index in [2.05, 4.69) is 5.32 Å². The van der Waals surface area contributed by atoms with E-state index < -0.39 is 52.9 Å². The molecule has 4 aliphatic rings. The first-order valence-corrected chi connectivity index (χ1v) is 13.5. The maximum atomic E-state index is 13.2. The number of rotatable bonds is 8. The van der Waals surface area contributed by atoms with Crippen LogP contribution in [0.1, 0.15) is 31.7 Å². The van der Waals surface area contributed by atoms with Crippen LogP contribution in [0.5, 0.6) is 0 Å². The van der Waals surface area contributed by atoms with Crippen LogP contribution in [-0.2, 0) is 25.7 Å². The zero-order valence-electron chi connectivity index (χ0n) is 21.0. The van der Waals surface area contributed by atoms with Crippen molar-refractivity contribution in [2.45, 2.75) is 56.2 Å². The van der Waals surface area contributed by atoms with Gasteiger partial charge in [0.05, 0.1) is 28.9 Å². The van der Waals surface area contributed by atoms with Gasteiger partial charge in [-0.2, -0.15) is 0 Å². The van der Waals surface area contributed by atoms with E-state index in [-0.39, 0.29) is 35.7 Å². The number of hydrogen-bond acceptors (Lipinski definition) is 9. The Bertz CT molecular complexity index is 1250. The van der Waals surface area contributed by atoms with Gasteiger partial charge in [0, 0.05) is 47.8 Å². The second-order valence-corrected chi connectivity index (χ2v) is 11.6. The SMILES string of the molecule is C[C@@H](O)[C@H]1C(=O)N2C(C(=O)O)=C(S[C@H]3C[C@@H](C4CCNC4=O)N(C(=O)OCc4ccc([N+](=O)[O-])cc4)C3)C[C@H]12. The number of aliphatic carboxylic acids is 1. The summed E-state index contributed by atoms with van der Waals surface area (Å²) in [4.78, 5) is 63.9. The molecule has 14 heteroatoms. The average Bonchev–Trinajstić information content (AvgIpc) is 3.58. The number of carboxylic acid groups (broad SMARTS) is 1. The molecular weight excluding hydrogens is 532 g/mol. The van der Waals surface area contributed by atoms with E-state index in [1.165, 1.54) is 52.8 Å². The van der Waals surface area contributed by atoms with Gasteiger partial charge in [-0.05, 0) is 37.5 Å². The molecule has 1 unspecified atom stereocenters. The molecule has 6 atom stereocenters. The highest BCUT2D eigenvalue weighted by atomic mass is 32.2. The zero-order chi connectivity index (χ0) is 28.0. The Hall–Kier alpha value is -3.65. The second-order valence-electron chi connectivity index (χ2n) is 10.2. The lowest BCUT2D eigenvalue weighted by Gasteiger charge is -2.44. The van der Waals surface area contributed by atoms with Crippen molar-refractivity contribution in [2.24, 2.45) is 11.8 Å². The summed E-state index contributed by atoms with van der Waals surface area (Å²) in [5, 5.41) is 33.3. The smallest absolute Gasteiger partial charge is 0.410 e. The number of carbonyl (C=O) groups excluding carboxylic acids is 3. The Balaban J connectivity index is 1.30. The van der Waals surface area contributed by atoms with Crippen molar-refractivity contribution in [1.82, 2.24) is 15.1 Å². The lowest BCUT2D eigenvalue weighted by molar-refractivity contribution is -0.384. The maximum absolute atomic E-state index is 13.2. The summed E-state index contributed by atoms with van der Waals surface area (Å²) in [6.45, 7) is 2.12. The number of nitro benzene ring substituents is 1. The number of aliphatic hydroxyl groups excluding tert-OH is 1. The molecule has 3 N–H and O–H groups in total. The minimum absolute atomic E-state index is 0.0787. The van der Waals surface area contributed by atoms with Crippen LogP contribution in [0.15, 0.2) is 34.9 Å². The van der Waals surface area contributed by atoms with Gasteiger partial charge in [-0.25, -0.2) is 9.59 Å². The number of ether oxygens (including phenoxy) is 1. The van der Waals surface area contributed by atoms with E-state index in [9.17, 15) is 39.5 Å². The van der Waals surface area contributed by atoms with E-state index >= 15 is 0 Å². The molecule has 3 fully saturated rings. The van der Waals surface area contributed by atoms with Crippen LogP contribution in [0, 0.1) is 22.0 Å². The van der Waals surface area contributed by atoms with Gasteiger partial charge in [-0.15, -0.1) is 11.8 Å². The number of non-ortho nitro benzene ring substituents is 1. The quantitative estimate of drug-likeness (QED) is 0.239. The first-order valence-electron chi connectivity index (χ1n) is 12.7. The van der Waals surface area contributed by atoms with Gasteiger partial charge in [0.15, 0.2) is 0 Å². The third kappa shape index (κ3) is 4.93. The Kier molecular flexibility index (Phi) is 7.25. The molecule has 1 aromatic rings. The monoisotopic (exact) mass is 560 g/mol. The molecule has 4 aliphatic heterocycles. The number of benzene rings is 1. The number of carboxylic acids is 1. The number of nitrogens with one attached hydrogen (secondary N) is 1. The highest BCUT2D eigenvalue weighted by Crippen LogP contribution is 2.49. The van der Waals surface area contributed by atoms with Gasteiger partial charge in [0.25, 0.3) is 5.69 Å². The third-order valence-electron chi connectivity index (χ3n) is 7.80. The average molecular weight is 561 g/mol. The molecule has 39 heavy (non-hydrogen) atoms. The highest BCUT2D eigenvalue weighted by Gasteiger charge is 2.57. The fraction of sp³-hybridized carbons (Fsp3) is 0.520. The molecule has 5 rings (SSSR count). The molecule has 3 amide bonds. The first kappa shape index (κ1) is 26.9. The summed E-state index contributed by atoms with van der Waals surface area (Å²) >= 11 is 1.30. The van der Waals surface area contributed by atoms with E-state index in [1.807, 2.05) is 0 Å². The van der Waals surface area contributed by atoms with Crippen molar-refractivity contribution in [3.05, 3.63) is 50.5 Å². The number of aliphatic hydroxyl groups is 1. The topological polar surface area (TPSA) is 180 Å². The minimum Gasteiger partial charge on any atom is -0.477 e. The molecule has 3 saturated heterocycles. The summed E-state index contributed by atoms with van der Waals surface area (Å²) in [5.41, 5.74) is 0.407. The lowest BCUT2D eigenvalue weighted by atomic mass is 9.83. The molecule has 0 bridgehead atoms. The summed E-state index contributed by atoms with van der Waals surface area (Å²) in [6, 6.07) is 4.79. The third-order valence-corrected chi connectivity index (χ3v) is 9.12. The van der Waals surface area contributed by atoms with Crippen molar-refractivity contribution in [3.8, 4) is 0 Å². The molecular formula is C25H28N4O9S. The predicted octanol–water partition coefficient (Wildman–Crippen LogP) is 1.45. The van der Waals surface area contributed by atoms with Gasteiger partial charge in [0.2, 0.25) is 11.8 Å². The summed E-state index contributed by atoms with van der Waals surface area (Å²) < 4.78 is 5.50. The number of likely N-dealkylation sites (tertiary alicyclic amines) is 1. The first-order chi connectivity index (χ1) is 18.6. The number of fused-ring (bicyclic) bond motifs is 1. The summed E-state index contributed by atoms with van der Waals surface area (Å²) in [7, 11) is 0. The maximum Gasteiger partial charge on any atom is 0.410 e. The number of carbonyl (C=O) groups is 4. The molecule has 0 saturated carbocycles. The van der Waals surface area contributed by atoms with Crippen molar-refractivity contribution in [3.63, 3.8) is 0 Å². The molecule has 208 valence electrons. The van der Waals surface area contributed by atoms with E-state index in [0.29, 0.717) is 36.3 Å². The van der Waals surface area contributed by atoms with Crippen LogP contribution in [0.4, 0.5) is 10.5 Å². The van der Waals surface area contributed by atoms with Gasteiger partial charge < -0.3 is 30.1 Å². The fourth-order valence-corrected chi connectivity index (χ4v) is 7.46. The molecule has 0 aliphatic carbocycles. The molecule has 0 radical (unpaired) electrons. The van der Waals surface area contributed by atoms with Crippen LogP contribution in [0.2, 0.25) is 0 Å². The van der Waals surface area contributed by atoms with E-state index in [0.717, 1.165) is 0 Å². The molecule has 1 aromatic carbocycles. The Morgan fingerprint density at radius 1 is 1.26 bits per heavy atom. The number of amides is 3. The Morgan fingerprint density at radius 2 is 1.97 bits per heavy atom. The largest absolute Gasteiger partial charge is 0.477 e. The van der Waals surface area contributed by atoms with Gasteiger partial charge in [-0.1, -0.05) is 0 Å². The van der Waals surface area contributed by atoms with Crippen molar-refractivity contribution >= 4 is 41.3 Å². The van der Waals surface area contributed by atoms with Crippen LogP contribution in [0.25, 0.3) is 0 Å². The van der Waals surface area contributed by atoms with Crippen LogP contribution >= 0.6 is 11.8 Å². The molecule has 0 spiro atoms. The van der Waals surface area contributed by atoms with Crippen LogP contribution in [-0.4, -0.2) is 85.3 Å². The van der Waals surface area contributed by atoms with Crippen molar-refractivity contribution < 1.29 is 39.1 Å². The lowest BCUT2D eigenvalue weighted by Crippen LogP contribution is -2.61. The standard InChI is InChI=1S/C25H28N4O9S/c1-12(30)20-18-9-19(21(24(33)34)28(18)23(20)32)39-15-8-17(16-6-7-26-22(16)31)27(10-15)25(35)38-11-13-2-4-14(5-3-13)29(36)37/h2-5,12,15-18,20,30H,6-11H2,1H3,(H,26,31)(H,33,34)/t12-,15+,16?,17+,18-,20-/m1/s1. The number of nitro groups is 1. The second kappa shape index (κ2) is 10.5. The predicted molar refractivity (Wildman–Crippen MR) is 136 cm³/mol. The molecule has 4 heterocycles.